The van der Waals surface area contributed by atoms with Crippen molar-refractivity contribution in [2.75, 3.05) is 26.4 Å². The summed E-state index contributed by atoms with van der Waals surface area (Å²) in [5, 5.41) is 0. The summed E-state index contributed by atoms with van der Waals surface area (Å²) < 4.78 is 10.5. The van der Waals surface area contributed by atoms with Crippen LogP contribution < -0.4 is 15.2 Å². The molecule has 0 aromatic heterocycles. The molecule has 0 radical (unpaired) electrons. The Bertz CT molecular complexity index is 490. The van der Waals surface area contributed by atoms with E-state index in [1.54, 1.807) is 18.2 Å². The highest BCUT2D eigenvalue weighted by Crippen LogP contribution is 2.32. The number of Topliss-reactive ketones (excluding diaryl/α,β-unsaturated/α-hetero) is 1. The van der Waals surface area contributed by atoms with Crippen LogP contribution in [0.15, 0.2) is 18.2 Å². The number of carbonyl (C=O) groups excluding carboxylic acids is 1. The van der Waals surface area contributed by atoms with Gasteiger partial charge in [0.1, 0.15) is 0 Å². The molecule has 2 N–H and O–H groups in total. The fourth-order valence-corrected chi connectivity index (χ4v) is 2.60. The lowest BCUT2D eigenvalue weighted by Crippen LogP contribution is -2.44. The first-order valence-corrected chi connectivity index (χ1v) is 6.63. The molecule has 1 aromatic rings. The molecule has 1 atom stereocenters. The molecule has 5 heteroatoms. The summed E-state index contributed by atoms with van der Waals surface area (Å²) in [6.07, 6.45) is 2.12. The highest BCUT2D eigenvalue weighted by Gasteiger charge is 2.21. The Hall–Kier alpha value is -1.59. The van der Waals surface area contributed by atoms with E-state index in [2.05, 4.69) is 4.90 Å². The molecular weight excluding hydrogens is 244 g/mol. The third-order valence-corrected chi connectivity index (χ3v) is 3.60. The third kappa shape index (κ3) is 2.72. The predicted octanol–water partition coefficient (Wildman–Crippen LogP) is 1.02. The zero-order valence-corrected chi connectivity index (χ0v) is 10.8. The number of rotatable bonds is 3. The van der Waals surface area contributed by atoms with Gasteiger partial charge in [0.2, 0.25) is 6.79 Å². The average molecular weight is 262 g/mol. The van der Waals surface area contributed by atoms with Crippen molar-refractivity contribution in [1.82, 2.24) is 4.90 Å². The molecule has 0 bridgehead atoms. The van der Waals surface area contributed by atoms with Crippen LogP contribution in [0, 0.1) is 0 Å². The average Bonchev–Trinajstić information content (AvgIpc) is 2.85. The van der Waals surface area contributed by atoms with Gasteiger partial charge in [0.15, 0.2) is 17.3 Å². The lowest BCUT2D eigenvalue weighted by atomic mass is 10.0. The predicted molar refractivity (Wildman–Crippen MR) is 70.5 cm³/mol. The van der Waals surface area contributed by atoms with Crippen molar-refractivity contribution in [3.8, 4) is 11.5 Å². The molecule has 0 amide bonds. The number of ether oxygens (including phenoxy) is 2. The van der Waals surface area contributed by atoms with Crippen LogP contribution in [0.25, 0.3) is 0 Å². The van der Waals surface area contributed by atoms with Crippen LogP contribution in [-0.4, -0.2) is 43.2 Å². The number of likely N-dealkylation sites (tertiary alicyclic amines) is 1. The first kappa shape index (κ1) is 12.4. The van der Waals surface area contributed by atoms with Gasteiger partial charge in [0.05, 0.1) is 6.54 Å². The maximum atomic E-state index is 12.2. The van der Waals surface area contributed by atoms with E-state index in [0.29, 0.717) is 23.6 Å². The van der Waals surface area contributed by atoms with E-state index in [1.807, 2.05) is 0 Å². The minimum absolute atomic E-state index is 0.104. The van der Waals surface area contributed by atoms with Crippen molar-refractivity contribution in [2.45, 2.75) is 18.9 Å². The van der Waals surface area contributed by atoms with Crippen molar-refractivity contribution in [1.29, 1.82) is 0 Å². The molecule has 2 heterocycles. The molecule has 1 saturated heterocycles. The minimum Gasteiger partial charge on any atom is -0.454 e. The molecular formula is C14H18N2O3. The van der Waals surface area contributed by atoms with Gasteiger partial charge in [0.25, 0.3) is 0 Å². The number of benzene rings is 1. The quantitative estimate of drug-likeness (QED) is 0.824. The van der Waals surface area contributed by atoms with Crippen molar-refractivity contribution < 1.29 is 14.3 Å². The Balaban J connectivity index is 1.67. The van der Waals surface area contributed by atoms with Gasteiger partial charge in [-0.1, -0.05) is 0 Å². The van der Waals surface area contributed by atoms with Crippen molar-refractivity contribution in [3.63, 3.8) is 0 Å². The number of piperidine rings is 1. The van der Waals surface area contributed by atoms with Crippen LogP contribution in [0.2, 0.25) is 0 Å². The SMILES string of the molecule is NC1CCCN(CC(=O)c2ccc3c(c2)OCO3)C1. The van der Waals surface area contributed by atoms with Crippen LogP contribution in [0.1, 0.15) is 23.2 Å². The van der Waals surface area contributed by atoms with E-state index in [0.717, 1.165) is 25.9 Å². The zero-order valence-electron chi connectivity index (χ0n) is 10.8. The normalized spacial score (nSPS) is 22.5. The zero-order chi connectivity index (χ0) is 13.2. The number of hydrogen-bond donors (Lipinski definition) is 1. The molecule has 2 aliphatic rings. The van der Waals surface area contributed by atoms with E-state index in [-0.39, 0.29) is 18.6 Å². The Morgan fingerprint density at radius 3 is 3.05 bits per heavy atom. The second kappa shape index (κ2) is 5.19. The molecule has 3 rings (SSSR count). The molecule has 19 heavy (non-hydrogen) atoms. The Morgan fingerprint density at radius 2 is 2.21 bits per heavy atom. The van der Waals surface area contributed by atoms with E-state index < -0.39 is 0 Å². The Morgan fingerprint density at radius 1 is 1.37 bits per heavy atom. The number of fused-ring (bicyclic) bond motifs is 1. The van der Waals surface area contributed by atoms with Gasteiger partial charge in [-0.3, -0.25) is 9.69 Å². The van der Waals surface area contributed by atoms with Crippen LogP contribution in [-0.2, 0) is 0 Å². The summed E-state index contributed by atoms with van der Waals surface area (Å²) in [4.78, 5) is 14.4. The summed E-state index contributed by atoms with van der Waals surface area (Å²) in [5.74, 6) is 1.46. The van der Waals surface area contributed by atoms with Gasteiger partial charge in [-0.2, -0.15) is 0 Å². The minimum atomic E-state index is 0.104. The second-order valence-corrected chi connectivity index (χ2v) is 5.13. The van der Waals surface area contributed by atoms with E-state index >= 15 is 0 Å². The van der Waals surface area contributed by atoms with Crippen LogP contribution in [0.5, 0.6) is 11.5 Å². The Kier molecular flexibility index (Phi) is 3.40. The van der Waals surface area contributed by atoms with Crippen LogP contribution >= 0.6 is 0 Å². The van der Waals surface area contributed by atoms with Crippen molar-refractivity contribution in [2.24, 2.45) is 5.73 Å². The standard InChI is InChI=1S/C14H18N2O3/c15-11-2-1-5-16(7-11)8-12(17)10-3-4-13-14(6-10)19-9-18-13/h3-4,6,11H,1-2,5,7-9,15H2. The maximum Gasteiger partial charge on any atom is 0.231 e. The number of hydrogen-bond acceptors (Lipinski definition) is 5. The molecule has 2 aliphatic heterocycles. The number of carbonyl (C=O) groups is 1. The monoisotopic (exact) mass is 262 g/mol. The van der Waals surface area contributed by atoms with Gasteiger partial charge in [-0.15, -0.1) is 0 Å². The molecule has 102 valence electrons. The Labute approximate surface area is 112 Å². The third-order valence-electron chi connectivity index (χ3n) is 3.60. The van der Waals surface area contributed by atoms with E-state index in [4.69, 9.17) is 15.2 Å². The highest BCUT2D eigenvalue weighted by atomic mass is 16.7. The lowest BCUT2D eigenvalue weighted by molar-refractivity contribution is 0.0907. The summed E-state index contributed by atoms with van der Waals surface area (Å²) in [6, 6.07) is 5.53. The summed E-state index contributed by atoms with van der Waals surface area (Å²) in [5.41, 5.74) is 6.59. The van der Waals surface area contributed by atoms with Gasteiger partial charge < -0.3 is 15.2 Å². The van der Waals surface area contributed by atoms with Gasteiger partial charge >= 0.3 is 0 Å². The lowest BCUT2D eigenvalue weighted by Gasteiger charge is -2.29. The maximum absolute atomic E-state index is 12.2. The van der Waals surface area contributed by atoms with Crippen LogP contribution in [0.3, 0.4) is 0 Å². The first-order valence-electron chi connectivity index (χ1n) is 6.63. The molecule has 0 aliphatic carbocycles. The number of ketones is 1. The van der Waals surface area contributed by atoms with Crippen LogP contribution in [0.4, 0.5) is 0 Å². The first-order chi connectivity index (χ1) is 9.22. The van der Waals surface area contributed by atoms with Gasteiger partial charge in [-0.05, 0) is 37.6 Å². The van der Waals surface area contributed by atoms with Crippen molar-refractivity contribution >= 4 is 5.78 Å². The topological polar surface area (TPSA) is 64.8 Å². The molecule has 1 fully saturated rings. The molecule has 0 spiro atoms. The van der Waals surface area contributed by atoms with E-state index in [9.17, 15) is 4.79 Å². The molecule has 1 unspecified atom stereocenters. The van der Waals surface area contributed by atoms with Gasteiger partial charge in [-0.25, -0.2) is 0 Å². The van der Waals surface area contributed by atoms with Crippen molar-refractivity contribution in [3.05, 3.63) is 23.8 Å². The summed E-state index contributed by atoms with van der Waals surface area (Å²) in [6.45, 7) is 2.40. The summed E-state index contributed by atoms with van der Waals surface area (Å²) in [7, 11) is 0. The smallest absolute Gasteiger partial charge is 0.231 e. The number of nitrogens with zero attached hydrogens (tertiary/aromatic N) is 1. The second-order valence-electron chi connectivity index (χ2n) is 5.13. The fourth-order valence-electron chi connectivity index (χ4n) is 2.60. The molecule has 5 nitrogen and oxygen atoms in total. The molecule has 0 saturated carbocycles. The molecule has 1 aromatic carbocycles. The summed E-state index contributed by atoms with van der Waals surface area (Å²) >= 11 is 0. The number of nitrogens with two attached hydrogens (primary N) is 1. The highest BCUT2D eigenvalue weighted by molar-refractivity contribution is 5.98. The largest absolute Gasteiger partial charge is 0.454 e. The fraction of sp³-hybridized carbons (Fsp3) is 0.500. The van der Waals surface area contributed by atoms with Gasteiger partial charge in [0, 0.05) is 18.2 Å². The van der Waals surface area contributed by atoms with E-state index in [1.165, 1.54) is 0 Å².